The number of hydrogen-bond acceptors (Lipinski definition) is 3. The van der Waals surface area contributed by atoms with Crippen LogP contribution in [0.4, 0.5) is 14.6 Å². The molecular formula is C6H3ClF2N2O2. The zero-order valence-corrected chi connectivity index (χ0v) is 6.83. The first-order chi connectivity index (χ1) is 6.02. The van der Waals surface area contributed by atoms with E-state index in [2.05, 4.69) is 4.98 Å². The lowest BCUT2D eigenvalue weighted by atomic mass is 10.3. The third kappa shape index (κ3) is 2.09. The van der Waals surface area contributed by atoms with Gasteiger partial charge < -0.3 is 10.1 Å². The van der Waals surface area contributed by atoms with Crippen LogP contribution in [0.1, 0.15) is 12.0 Å². The van der Waals surface area contributed by atoms with Gasteiger partial charge in [-0.25, -0.2) is 8.78 Å². The number of alkyl halides is 2. The molecule has 0 aliphatic carbocycles. The van der Waals surface area contributed by atoms with Crippen molar-refractivity contribution in [3.8, 4) is 0 Å². The van der Waals surface area contributed by atoms with Gasteiger partial charge in [0, 0.05) is 11.6 Å². The highest BCUT2D eigenvalue weighted by Gasteiger charge is 2.18. The van der Waals surface area contributed by atoms with Crippen molar-refractivity contribution in [1.82, 2.24) is 4.98 Å². The summed E-state index contributed by atoms with van der Waals surface area (Å²) in [6, 6.07) is 0.660. The van der Waals surface area contributed by atoms with Crippen LogP contribution in [-0.2, 0) is 0 Å². The summed E-state index contributed by atoms with van der Waals surface area (Å²) in [5.74, 6) is -0.639. The van der Waals surface area contributed by atoms with Gasteiger partial charge in [0.15, 0.2) is 6.20 Å². The van der Waals surface area contributed by atoms with Crippen LogP contribution in [0, 0.1) is 10.1 Å². The number of halogens is 3. The average Bonchev–Trinajstić information content (AvgIpc) is 2.04. The molecule has 7 heteroatoms. The third-order valence-electron chi connectivity index (χ3n) is 1.29. The number of aromatic nitrogens is 1. The van der Waals surface area contributed by atoms with Crippen molar-refractivity contribution < 1.29 is 13.7 Å². The monoisotopic (exact) mass is 208 g/mol. The molecule has 0 spiro atoms. The zero-order chi connectivity index (χ0) is 10.0. The van der Waals surface area contributed by atoms with Gasteiger partial charge in [-0.05, 0) is 9.91 Å². The molecule has 0 N–H and O–H groups in total. The summed E-state index contributed by atoms with van der Waals surface area (Å²) in [6.45, 7) is 0. The van der Waals surface area contributed by atoms with Gasteiger partial charge in [0.2, 0.25) is 0 Å². The van der Waals surface area contributed by atoms with E-state index < -0.39 is 22.7 Å². The van der Waals surface area contributed by atoms with Gasteiger partial charge in [-0.3, -0.25) is 0 Å². The van der Waals surface area contributed by atoms with Crippen molar-refractivity contribution in [2.75, 3.05) is 0 Å². The minimum absolute atomic E-state index is 0.277. The molecule has 0 saturated carbocycles. The highest BCUT2D eigenvalue weighted by molar-refractivity contribution is 6.31. The highest BCUT2D eigenvalue weighted by atomic mass is 35.5. The molecule has 0 bridgehead atoms. The largest absolute Gasteiger partial charge is 0.363 e. The van der Waals surface area contributed by atoms with Gasteiger partial charge in [0.05, 0.1) is 5.02 Å². The van der Waals surface area contributed by atoms with E-state index in [1.165, 1.54) is 0 Å². The summed E-state index contributed by atoms with van der Waals surface area (Å²) in [5.41, 5.74) is -0.580. The zero-order valence-electron chi connectivity index (χ0n) is 6.08. The van der Waals surface area contributed by atoms with Crippen LogP contribution in [0.15, 0.2) is 12.3 Å². The van der Waals surface area contributed by atoms with Crippen LogP contribution in [-0.4, -0.2) is 9.91 Å². The van der Waals surface area contributed by atoms with Gasteiger partial charge in [0.25, 0.3) is 6.43 Å². The maximum Gasteiger partial charge on any atom is 0.363 e. The molecule has 0 aliphatic heterocycles. The Hall–Kier alpha value is -1.30. The molecule has 0 aliphatic rings. The first-order valence-electron chi connectivity index (χ1n) is 3.10. The Morgan fingerprint density at radius 2 is 2.23 bits per heavy atom. The van der Waals surface area contributed by atoms with Crippen LogP contribution in [0.25, 0.3) is 0 Å². The van der Waals surface area contributed by atoms with E-state index in [1.807, 2.05) is 0 Å². The normalized spacial score (nSPS) is 10.5. The number of pyridine rings is 1. The fraction of sp³-hybridized carbons (Fsp3) is 0.167. The average molecular weight is 209 g/mol. The second-order valence-electron chi connectivity index (χ2n) is 2.12. The van der Waals surface area contributed by atoms with E-state index in [4.69, 9.17) is 11.6 Å². The van der Waals surface area contributed by atoms with Gasteiger partial charge in [-0.15, -0.1) is 0 Å². The molecule has 1 aromatic rings. The molecule has 0 amide bonds. The molecule has 0 saturated heterocycles. The van der Waals surface area contributed by atoms with E-state index in [-0.39, 0.29) is 5.02 Å². The van der Waals surface area contributed by atoms with E-state index in [0.29, 0.717) is 6.07 Å². The number of hydrogen-bond donors (Lipinski definition) is 0. The van der Waals surface area contributed by atoms with Crippen molar-refractivity contribution in [3.05, 3.63) is 33.0 Å². The van der Waals surface area contributed by atoms with Crippen molar-refractivity contribution >= 4 is 17.4 Å². The minimum atomic E-state index is -2.84. The van der Waals surface area contributed by atoms with E-state index >= 15 is 0 Å². The number of nitrogens with zero attached hydrogens (tertiary/aromatic N) is 2. The van der Waals surface area contributed by atoms with Crippen molar-refractivity contribution in [1.29, 1.82) is 0 Å². The second-order valence-corrected chi connectivity index (χ2v) is 2.53. The highest BCUT2D eigenvalue weighted by Crippen LogP contribution is 2.28. The molecule has 13 heavy (non-hydrogen) atoms. The van der Waals surface area contributed by atoms with Gasteiger partial charge >= 0.3 is 5.82 Å². The van der Waals surface area contributed by atoms with Crippen LogP contribution in [0.2, 0.25) is 5.02 Å². The van der Waals surface area contributed by atoms with Gasteiger partial charge in [0.1, 0.15) is 0 Å². The predicted octanol–water partition coefficient (Wildman–Crippen LogP) is 2.58. The molecule has 4 nitrogen and oxygen atoms in total. The van der Waals surface area contributed by atoms with Crippen LogP contribution in [0.3, 0.4) is 0 Å². The summed E-state index contributed by atoms with van der Waals surface area (Å²) in [6.07, 6.45) is -2.00. The smallest absolute Gasteiger partial charge is 0.358 e. The first kappa shape index (κ1) is 9.79. The Bertz CT molecular complexity index is 345. The first-order valence-corrected chi connectivity index (χ1v) is 3.48. The number of nitro groups is 1. The van der Waals surface area contributed by atoms with Crippen LogP contribution >= 0.6 is 11.6 Å². The molecule has 70 valence electrons. The molecule has 1 rings (SSSR count). The Kier molecular flexibility index (Phi) is 2.72. The molecule has 0 aromatic carbocycles. The minimum Gasteiger partial charge on any atom is -0.358 e. The maximum absolute atomic E-state index is 12.1. The summed E-state index contributed by atoms with van der Waals surface area (Å²) < 4.78 is 24.3. The van der Waals surface area contributed by atoms with E-state index in [1.54, 1.807) is 0 Å². The molecule has 0 radical (unpaired) electrons. The van der Waals surface area contributed by atoms with Crippen molar-refractivity contribution in [3.63, 3.8) is 0 Å². The SMILES string of the molecule is O=[N+]([O-])c1cc(C(F)F)c(Cl)cn1. The fourth-order valence-electron chi connectivity index (χ4n) is 0.710. The molecule has 1 aromatic heterocycles. The topological polar surface area (TPSA) is 56.0 Å². The standard InChI is InChI=1S/C6H3ClF2N2O2/c7-4-2-10-5(11(12)13)1-3(4)6(8)9/h1-2,6H. The summed E-state index contributed by atoms with van der Waals surface area (Å²) in [7, 11) is 0. The van der Waals surface area contributed by atoms with Gasteiger partial charge in [-0.2, -0.15) is 0 Å². The predicted molar refractivity (Wildman–Crippen MR) is 40.9 cm³/mol. The Morgan fingerprint density at radius 1 is 1.62 bits per heavy atom. The fourth-order valence-corrected chi connectivity index (χ4v) is 0.896. The molecular weight excluding hydrogens is 206 g/mol. The Balaban J connectivity index is 3.19. The number of rotatable bonds is 2. The molecule has 0 fully saturated rings. The molecule has 0 unspecified atom stereocenters. The third-order valence-corrected chi connectivity index (χ3v) is 1.61. The summed E-state index contributed by atoms with van der Waals surface area (Å²) >= 11 is 5.33. The van der Waals surface area contributed by atoms with Crippen LogP contribution in [0.5, 0.6) is 0 Å². The molecule has 0 atom stereocenters. The van der Waals surface area contributed by atoms with Gasteiger partial charge in [-0.1, -0.05) is 11.6 Å². The second kappa shape index (κ2) is 3.61. The quantitative estimate of drug-likeness (QED) is 0.554. The van der Waals surface area contributed by atoms with Crippen LogP contribution < -0.4 is 0 Å². The lowest BCUT2D eigenvalue weighted by Gasteiger charge is -1.99. The van der Waals surface area contributed by atoms with Crippen molar-refractivity contribution in [2.45, 2.75) is 6.43 Å². The lowest BCUT2D eigenvalue weighted by Crippen LogP contribution is -1.95. The van der Waals surface area contributed by atoms with Crippen molar-refractivity contribution in [2.24, 2.45) is 0 Å². The molecule has 1 heterocycles. The van der Waals surface area contributed by atoms with E-state index in [0.717, 1.165) is 6.20 Å². The maximum atomic E-state index is 12.1. The summed E-state index contributed by atoms with van der Waals surface area (Å²) in [5, 5.41) is 9.86. The van der Waals surface area contributed by atoms with E-state index in [9.17, 15) is 18.9 Å². The Morgan fingerprint density at radius 3 is 2.69 bits per heavy atom. The summed E-state index contributed by atoms with van der Waals surface area (Å²) in [4.78, 5) is 12.5. The lowest BCUT2D eigenvalue weighted by molar-refractivity contribution is -0.389. The Labute approximate surface area is 76.3 Å².